The molecule has 1 heterocycles. The lowest BCUT2D eigenvalue weighted by Crippen LogP contribution is -2.46. The molecule has 2 N–H and O–H groups in total. The Morgan fingerprint density at radius 1 is 1.33 bits per heavy atom. The van der Waals surface area contributed by atoms with Gasteiger partial charge >= 0.3 is 12.0 Å². The van der Waals surface area contributed by atoms with E-state index in [1.165, 1.54) is 0 Å². The number of nitrogens with zero attached hydrogens (tertiary/aromatic N) is 1. The van der Waals surface area contributed by atoms with E-state index in [0.29, 0.717) is 45.7 Å². The molecule has 1 saturated heterocycles. The highest BCUT2D eigenvalue weighted by Crippen LogP contribution is 2.13. The minimum atomic E-state index is -0.968. The predicted molar refractivity (Wildman–Crippen MR) is 77.2 cm³/mol. The van der Waals surface area contributed by atoms with E-state index in [0.717, 1.165) is 5.57 Å². The van der Waals surface area contributed by atoms with Gasteiger partial charge in [-0.15, -0.1) is 0 Å². The topological polar surface area (TPSA) is 88.1 Å². The largest absolute Gasteiger partial charge is 0.480 e. The van der Waals surface area contributed by atoms with E-state index in [1.807, 2.05) is 6.92 Å². The monoisotopic (exact) mass is 300 g/mol. The molecule has 1 aliphatic rings. The number of likely N-dealkylation sites (tertiary alicyclic amines) is 1. The third-order valence-electron chi connectivity index (χ3n) is 3.04. The Balaban J connectivity index is 2.11. The average Bonchev–Trinajstić information content (AvgIpc) is 2.44. The van der Waals surface area contributed by atoms with Gasteiger partial charge in [-0.1, -0.05) is 12.2 Å². The van der Waals surface area contributed by atoms with Crippen molar-refractivity contribution >= 4 is 12.0 Å². The molecule has 7 heteroatoms. The number of urea groups is 1. The Bertz CT molecular complexity index is 364. The van der Waals surface area contributed by atoms with Crippen molar-refractivity contribution in [3.63, 3.8) is 0 Å². The maximum Gasteiger partial charge on any atom is 0.329 e. The molecule has 7 nitrogen and oxygen atoms in total. The van der Waals surface area contributed by atoms with Crippen LogP contribution in [0.3, 0.4) is 0 Å². The lowest BCUT2D eigenvalue weighted by Gasteiger charge is -2.31. The summed E-state index contributed by atoms with van der Waals surface area (Å²) in [7, 11) is 0. The Morgan fingerprint density at radius 3 is 2.57 bits per heavy atom. The molecule has 0 aliphatic carbocycles. The van der Waals surface area contributed by atoms with Gasteiger partial charge in [-0.2, -0.15) is 0 Å². The van der Waals surface area contributed by atoms with E-state index in [2.05, 4.69) is 11.9 Å². The second-order valence-electron chi connectivity index (χ2n) is 5.13. The maximum atomic E-state index is 11.9. The van der Waals surface area contributed by atoms with Crippen molar-refractivity contribution in [2.45, 2.75) is 25.9 Å². The van der Waals surface area contributed by atoms with Crippen LogP contribution >= 0.6 is 0 Å². The second kappa shape index (κ2) is 9.36. The highest BCUT2D eigenvalue weighted by Gasteiger charge is 2.23. The van der Waals surface area contributed by atoms with Crippen molar-refractivity contribution in [2.75, 3.05) is 39.5 Å². The van der Waals surface area contributed by atoms with E-state index in [1.54, 1.807) is 4.90 Å². The van der Waals surface area contributed by atoms with Crippen molar-refractivity contribution in [3.8, 4) is 0 Å². The Morgan fingerprint density at radius 2 is 2.00 bits per heavy atom. The third-order valence-corrected chi connectivity index (χ3v) is 3.04. The molecular weight excluding hydrogens is 276 g/mol. The van der Waals surface area contributed by atoms with Gasteiger partial charge in [0.05, 0.1) is 19.3 Å². The number of rotatable bonds is 8. The van der Waals surface area contributed by atoms with Gasteiger partial charge in [-0.25, -0.2) is 9.59 Å². The van der Waals surface area contributed by atoms with E-state index in [9.17, 15) is 9.59 Å². The molecule has 21 heavy (non-hydrogen) atoms. The van der Waals surface area contributed by atoms with Crippen molar-refractivity contribution in [3.05, 3.63) is 12.2 Å². The van der Waals surface area contributed by atoms with Gasteiger partial charge in [0.25, 0.3) is 0 Å². The summed E-state index contributed by atoms with van der Waals surface area (Å²) < 4.78 is 10.5. The second-order valence-corrected chi connectivity index (χ2v) is 5.13. The SMILES string of the molecule is C=C(C)COCCNC(=O)N1CCC(OCC(=O)O)CC1. The minimum Gasteiger partial charge on any atom is -0.480 e. The van der Waals surface area contributed by atoms with Gasteiger partial charge in [0.15, 0.2) is 0 Å². The summed E-state index contributed by atoms with van der Waals surface area (Å²) >= 11 is 0. The molecule has 1 fully saturated rings. The molecule has 0 unspecified atom stereocenters. The fraction of sp³-hybridized carbons (Fsp3) is 0.714. The molecule has 0 aromatic rings. The van der Waals surface area contributed by atoms with Crippen LogP contribution in [-0.2, 0) is 14.3 Å². The lowest BCUT2D eigenvalue weighted by atomic mass is 10.1. The lowest BCUT2D eigenvalue weighted by molar-refractivity contribution is -0.145. The van der Waals surface area contributed by atoms with Crippen LogP contribution in [0.1, 0.15) is 19.8 Å². The Hall–Kier alpha value is -1.60. The van der Waals surface area contributed by atoms with Crippen molar-refractivity contribution < 1.29 is 24.2 Å². The van der Waals surface area contributed by atoms with Gasteiger partial charge in [0.2, 0.25) is 0 Å². The number of hydrogen-bond donors (Lipinski definition) is 2. The summed E-state index contributed by atoms with van der Waals surface area (Å²) in [5.41, 5.74) is 0.949. The fourth-order valence-electron chi connectivity index (χ4n) is 2.00. The molecule has 1 rings (SSSR count). The van der Waals surface area contributed by atoms with Crippen molar-refractivity contribution in [2.24, 2.45) is 0 Å². The van der Waals surface area contributed by atoms with E-state index < -0.39 is 5.97 Å². The summed E-state index contributed by atoms with van der Waals surface area (Å²) in [6.45, 7) is 7.89. The first-order chi connectivity index (χ1) is 9.99. The Labute approximate surface area is 124 Å². The number of aliphatic carboxylic acids is 1. The number of carbonyl (C=O) groups is 2. The Kier molecular flexibility index (Phi) is 7.78. The highest BCUT2D eigenvalue weighted by atomic mass is 16.5. The van der Waals surface area contributed by atoms with Crippen molar-refractivity contribution in [1.82, 2.24) is 10.2 Å². The fourth-order valence-corrected chi connectivity index (χ4v) is 2.00. The van der Waals surface area contributed by atoms with Gasteiger partial charge in [-0.3, -0.25) is 0 Å². The van der Waals surface area contributed by atoms with Crippen LogP contribution in [0.5, 0.6) is 0 Å². The molecule has 2 amide bonds. The third kappa shape index (κ3) is 7.67. The summed E-state index contributed by atoms with van der Waals surface area (Å²) in [5.74, 6) is -0.968. The van der Waals surface area contributed by atoms with Crippen LogP contribution in [0.2, 0.25) is 0 Å². The molecule has 0 aromatic heterocycles. The molecule has 0 saturated carbocycles. The number of hydrogen-bond acceptors (Lipinski definition) is 4. The molecule has 0 atom stereocenters. The molecule has 0 aromatic carbocycles. The first-order valence-corrected chi connectivity index (χ1v) is 7.07. The minimum absolute atomic E-state index is 0.0796. The first kappa shape index (κ1) is 17.5. The molecule has 0 radical (unpaired) electrons. The maximum absolute atomic E-state index is 11.9. The number of carboxylic acids is 1. The zero-order chi connectivity index (χ0) is 15.7. The summed E-state index contributed by atoms with van der Waals surface area (Å²) in [5, 5.41) is 11.3. The van der Waals surface area contributed by atoms with E-state index >= 15 is 0 Å². The standard InChI is InChI=1S/C14H24N2O5/c1-11(2)9-20-8-5-15-14(19)16-6-3-12(4-7-16)21-10-13(17)18/h12H,1,3-10H2,2H3,(H,15,19)(H,17,18). The molecule has 0 bridgehead atoms. The molecular formula is C14H24N2O5. The number of ether oxygens (including phenoxy) is 2. The average molecular weight is 300 g/mol. The molecule has 120 valence electrons. The van der Waals surface area contributed by atoms with Gasteiger partial charge < -0.3 is 24.8 Å². The van der Waals surface area contributed by atoms with Crippen LogP contribution < -0.4 is 5.32 Å². The zero-order valence-electron chi connectivity index (χ0n) is 12.5. The van der Waals surface area contributed by atoms with E-state index in [-0.39, 0.29) is 18.7 Å². The highest BCUT2D eigenvalue weighted by molar-refractivity contribution is 5.74. The van der Waals surface area contributed by atoms with Crippen LogP contribution in [0.4, 0.5) is 4.79 Å². The summed E-state index contributed by atoms with van der Waals surface area (Å²) in [4.78, 5) is 24.0. The number of amides is 2. The van der Waals surface area contributed by atoms with Crippen LogP contribution in [-0.4, -0.2) is 67.6 Å². The summed E-state index contributed by atoms with van der Waals surface area (Å²) in [6.07, 6.45) is 1.24. The van der Waals surface area contributed by atoms with Crippen LogP contribution in [0.25, 0.3) is 0 Å². The van der Waals surface area contributed by atoms with Crippen LogP contribution in [0, 0.1) is 0 Å². The number of nitrogens with one attached hydrogen (secondary N) is 1. The van der Waals surface area contributed by atoms with E-state index in [4.69, 9.17) is 14.6 Å². The number of piperidine rings is 1. The quantitative estimate of drug-likeness (QED) is 0.512. The number of carbonyl (C=O) groups excluding carboxylic acids is 1. The zero-order valence-corrected chi connectivity index (χ0v) is 12.5. The number of carboxylic acid groups (broad SMARTS) is 1. The molecule has 1 aliphatic heterocycles. The normalized spacial score (nSPS) is 15.8. The molecule has 0 spiro atoms. The smallest absolute Gasteiger partial charge is 0.329 e. The van der Waals surface area contributed by atoms with Crippen molar-refractivity contribution in [1.29, 1.82) is 0 Å². The van der Waals surface area contributed by atoms with Gasteiger partial charge in [0.1, 0.15) is 6.61 Å². The van der Waals surface area contributed by atoms with Gasteiger partial charge in [0, 0.05) is 19.6 Å². The summed E-state index contributed by atoms with van der Waals surface area (Å²) in [6, 6.07) is -0.120. The predicted octanol–water partition coefficient (Wildman–Crippen LogP) is 0.854. The first-order valence-electron chi connectivity index (χ1n) is 7.07. The van der Waals surface area contributed by atoms with Gasteiger partial charge in [-0.05, 0) is 19.8 Å². The van der Waals surface area contributed by atoms with Crippen LogP contribution in [0.15, 0.2) is 12.2 Å².